The van der Waals surface area contributed by atoms with E-state index in [1.54, 1.807) is 0 Å². The Kier molecular flexibility index (Phi) is 2.40. The van der Waals surface area contributed by atoms with Crippen molar-refractivity contribution in [1.29, 1.82) is 0 Å². The fraction of sp³-hybridized carbons (Fsp3) is 1.00. The van der Waals surface area contributed by atoms with Crippen LogP contribution in [-0.2, 0) is 0 Å². The summed E-state index contributed by atoms with van der Waals surface area (Å²) in [4.78, 5) is 0. The summed E-state index contributed by atoms with van der Waals surface area (Å²) in [5, 5.41) is 0. The van der Waals surface area contributed by atoms with Gasteiger partial charge in [0.1, 0.15) is 0 Å². The maximum absolute atomic E-state index is 5.66. The Labute approximate surface area is 75.7 Å². The molecule has 2 rings (SSSR count). The zero-order valence-electron chi connectivity index (χ0n) is 8.02. The summed E-state index contributed by atoms with van der Waals surface area (Å²) >= 11 is 0. The summed E-state index contributed by atoms with van der Waals surface area (Å²) in [6.07, 6.45) is 11.7. The molecule has 1 nitrogen and oxygen atoms in total. The van der Waals surface area contributed by atoms with Crippen LogP contribution in [0.5, 0.6) is 0 Å². The van der Waals surface area contributed by atoms with Crippen LogP contribution in [0, 0.1) is 11.3 Å². The van der Waals surface area contributed by atoms with E-state index >= 15 is 0 Å². The fourth-order valence-corrected chi connectivity index (χ4v) is 3.32. The van der Waals surface area contributed by atoms with Gasteiger partial charge in [-0.1, -0.05) is 19.3 Å². The Balaban J connectivity index is 1.97. The summed E-state index contributed by atoms with van der Waals surface area (Å²) in [5.41, 5.74) is 6.45. The van der Waals surface area contributed by atoms with Crippen molar-refractivity contribution in [3.05, 3.63) is 0 Å². The van der Waals surface area contributed by atoms with Crippen LogP contribution in [0.2, 0.25) is 0 Å². The molecule has 70 valence electrons. The third-order valence-electron chi connectivity index (χ3n) is 4.21. The highest BCUT2D eigenvalue weighted by atomic mass is 14.6. The van der Waals surface area contributed by atoms with Crippen LogP contribution in [0.15, 0.2) is 0 Å². The maximum Gasteiger partial charge on any atom is -0.00744 e. The molecule has 12 heavy (non-hydrogen) atoms. The monoisotopic (exact) mass is 167 g/mol. The van der Waals surface area contributed by atoms with Gasteiger partial charge in [0, 0.05) is 0 Å². The largest absolute Gasteiger partial charge is 0.330 e. The van der Waals surface area contributed by atoms with Gasteiger partial charge in [-0.25, -0.2) is 0 Å². The minimum absolute atomic E-state index is 0.789. The van der Waals surface area contributed by atoms with Gasteiger partial charge in [-0.15, -0.1) is 0 Å². The summed E-state index contributed by atoms with van der Waals surface area (Å²) < 4.78 is 0. The Morgan fingerprint density at radius 3 is 2.42 bits per heavy atom. The van der Waals surface area contributed by atoms with E-state index in [1.807, 2.05) is 0 Å². The van der Waals surface area contributed by atoms with E-state index in [1.165, 1.54) is 51.4 Å². The van der Waals surface area contributed by atoms with Gasteiger partial charge in [0.25, 0.3) is 0 Å². The molecule has 0 saturated heterocycles. The highest BCUT2D eigenvalue weighted by molar-refractivity contribution is 4.95. The van der Waals surface area contributed by atoms with Gasteiger partial charge in [-0.2, -0.15) is 0 Å². The molecule has 0 aromatic carbocycles. The van der Waals surface area contributed by atoms with Crippen LogP contribution in [0.3, 0.4) is 0 Å². The van der Waals surface area contributed by atoms with Crippen LogP contribution in [0.4, 0.5) is 0 Å². The molecule has 0 aliphatic heterocycles. The second-order valence-electron chi connectivity index (χ2n) is 4.74. The Bertz CT molecular complexity index is 147. The Morgan fingerprint density at radius 1 is 1.08 bits per heavy atom. The predicted molar refractivity (Wildman–Crippen MR) is 51.9 cm³/mol. The number of hydrogen-bond acceptors (Lipinski definition) is 1. The van der Waals surface area contributed by atoms with Crippen molar-refractivity contribution in [2.24, 2.45) is 17.1 Å². The molecule has 1 unspecified atom stereocenters. The molecule has 0 bridgehead atoms. The van der Waals surface area contributed by atoms with Gasteiger partial charge in [-0.05, 0) is 50.0 Å². The molecule has 0 amide bonds. The van der Waals surface area contributed by atoms with Gasteiger partial charge in [0.15, 0.2) is 0 Å². The van der Waals surface area contributed by atoms with Gasteiger partial charge < -0.3 is 5.73 Å². The standard InChI is InChI=1S/C11H21N/c12-9-5-10-4-1-2-6-11(10)7-3-8-11/h10H,1-9,12H2. The minimum Gasteiger partial charge on any atom is -0.330 e. The lowest BCUT2D eigenvalue weighted by atomic mass is 9.54. The average molecular weight is 167 g/mol. The number of rotatable bonds is 2. The maximum atomic E-state index is 5.66. The van der Waals surface area contributed by atoms with Crippen molar-refractivity contribution >= 4 is 0 Å². The SMILES string of the molecule is NCCC1CCCCC12CCC2. The molecule has 1 heteroatoms. The minimum atomic E-state index is 0.789. The van der Waals surface area contributed by atoms with Gasteiger partial charge in [0.2, 0.25) is 0 Å². The van der Waals surface area contributed by atoms with Crippen molar-refractivity contribution in [3.63, 3.8) is 0 Å². The predicted octanol–water partition coefficient (Wildman–Crippen LogP) is 2.70. The highest BCUT2D eigenvalue weighted by Gasteiger charge is 2.44. The first kappa shape index (κ1) is 8.55. The third-order valence-corrected chi connectivity index (χ3v) is 4.21. The van der Waals surface area contributed by atoms with Crippen molar-refractivity contribution in [2.75, 3.05) is 6.54 Å². The van der Waals surface area contributed by atoms with Gasteiger partial charge >= 0.3 is 0 Å². The molecule has 0 aromatic rings. The van der Waals surface area contributed by atoms with Crippen LogP contribution < -0.4 is 5.73 Å². The molecule has 0 radical (unpaired) electrons. The van der Waals surface area contributed by atoms with Crippen LogP contribution >= 0.6 is 0 Å². The van der Waals surface area contributed by atoms with Crippen molar-refractivity contribution < 1.29 is 0 Å². The zero-order valence-corrected chi connectivity index (χ0v) is 8.02. The van der Waals surface area contributed by atoms with Crippen LogP contribution in [0.1, 0.15) is 51.4 Å². The lowest BCUT2D eigenvalue weighted by molar-refractivity contribution is 0.00382. The lowest BCUT2D eigenvalue weighted by Crippen LogP contribution is -2.40. The molecule has 2 aliphatic rings. The lowest BCUT2D eigenvalue weighted by Gasteiger charge is -2.51. The Hall–Kier alpha value is -0.0400. The molecule has 2 fully saturated rings. The molecule has 1 atom stereocenters. The third kappa shape index (κ3) is 1.28. The van der Waals surface area contributed by atoms with Crippen LogP contribution in [0.25, 0.3) is 0 Å². The van der Waals surface area contributed by atoms with E-state index in [0.29, 0.717) is 0 Å². The summed E-state index contributed by atoms with van der Waals surface area (Å²) in [7, 11) is 0. The van der Waals surface area contributed by atoms with Gasteiger partial charge in [0.05, 0.1) is 0 Å². The normalized spacial score (nSPS) is 33.2. The summed E-state index contributed by atoms with van der Waals surface area (Å²) in [6.45, 7) is 0.909. The quantitative estimate of drug-likeness (QED) is 0.672. The molecular formula is C11H21N. The van der Waals surface area contributed by atoms with Crippen LogP contribution in [-0.4, -0.2) is 6.54 Å². The molecule has 2 N–H and O–H groups in total. The van der Waals surface area contributed by atoms with Crippen molar-refractivity contribution in [2.45, 2.75) is 51.4 Å². The van der Waals surface area contributed by atoms with E-state index in [-0.39, 0.29) is 0 Å². The molecular weight excluding hydrogens is 146 g/mol. The zero-order chi connectivity index (χ0) is 8.44. The molecule has 2 aliphatic carbocycles. The second kappa shape index (κ2) is 3.37. The number of hydrogen-bond donors (Lipinski definition) is 1. The molecule has 0 aromatic heterocycles. The van der Waals surface area contributed by atoms with E-state index in [4.69, 9.17) is 5.73 Å². The van der Waals surface area contributed by atoms with E-state index < -0.39 is 0 Å². The van der Waals surface area contributed by atoms with Gasteiger partial charge in [-0.3, -0.25) is 0 Å². The first-order valence-electron chi connectivity index (χ1n) is 5.57. The highest BCUT2D eigenvalue weighted by Crippen LogP contribution is 2.55. The number of nitrogens with two attached hydrogens (primary N) is 1. The van der Waals surface area contributed by atoms with E-state index in [9.17, 15) is 0 Å². The molecule has 2 saturated carbocycles. The first-order valence-corrected chi connectivity index (χ1v) is 5.57. The van der Waals surface area contributed by atoms with E-state index in [0.717, 1.165) is 17.9 Å². The molecule has 0 heterocycles. The second-order valence-corrected chi connectivity index (χ2v) is 4.74. The average Bonchev–Trinajstić information content (AvgIpc) is 2.03. The van der Waals surface area contributed by atoms with Crippen molar-refractivity contribution in [1.82, 2.24) is 0 Å². The topological polar surface area (TPSA) is 26.0 Å². The first-order chi connectivity index (χ1) is 5.87. The summed E-state index contributed by atoms with van der Waals surface area (Å²) in [5.74, 6) is 0.991. The van der Waals surface area contributed by atoms with Crippen molar-refractivity contribution in [3.8, 4) is 0 Å². The Morgan fingerprint density at radius 2 is 1.83 bits per heavy atom. The fourth-order valence-electron chi connectivity index (χ4n) is 3.32. The molecule has 1 spiro atoms. The smallest absolute Gasteiger partial charge is 0.00744 e. The van der Waals surface area contributed by atoms with E-state index in [2.05, 4.69) is 0 Å². The summed E-state index contributed by atoms with van der Waals surface area (Å²) in [6, 6.07) is 0.